The molecule has 1 atom stereocenters. The van der Waals surface area contributed by atoms with Gasteiger partial charge in [0.05, 0.1) is 6.04 Å². The normalized spacial score (nSPS) is 15.9. The summed E-state index contributed by atoms with van der Waals surface area (Å²) in [7, 11) is 0. The highest BCUT2D eigenvalue weighted by molar-refractivity contribution is 9.10. The van der Waals surface area contributed by atoms with Gasteiger partial charge in [-0.15, -0.1) is 12.4 Å². The van der Waals surface area contributed by atoms with Crippen LogP contribution in [0.1, 0.15) is 24.0 Å². The van der Waals surface area contributed by atoms with Crippen molar-refractivity contribution in [3.05, 3.63) is 70.2 Å². The highest BCUT2D eigenvalue weighted by atomic mass is 79.9. The first-order valence-corrected chi connectivity index (χ1v) is 8.72. The van der Waals surface area contributed by atoms with Crippen LogP contribution in [0.2, 0.25) is 0 Å². The van der Waals surface area contributed by atoms with E-state index in [0.29, 0.717) is 13.0 Å². The highest BCUT2D eigenvalue weighted by Crippen LogP contribution is 2.48. The number of nitrogens with one attached hydrogen (secondary N) is 1. The van der Waals surface area contributed by atoms with Gasteiger partial charge in [-0.25, -0.2) is 0 Å². The lowest BCUT2D eigenvalue weighted by Crippen LogP contribution is -2.44. The topological polar surface area (TPSA) is 55.1 Å². The van der Waals surface area contributed by atoms with Gasteiger partial charge in [0.2, 0.25) is 5.91 Å². The molecular formula is C19H22BrClN2O. The first-order chi connectivity index (χ1) is 11.1. The molecule has 0 bridgehead atoms. The Hall–Kier alpha value is -1.36. The molecule has 0 heterocycles. The molecule has 1 amide bonds. The Kier molecular flexibility index (Phi) is 6.44. The van der Waals surface area contributed by atoms with Gasteiger partial charge >= 0.3 is 0 Å². The molecule has 1 saturated carbocycles. The van der Waals surface area contributed by atoms with Crippen LogP contribution in [-0.4, -0.2) is 18.5 Å². The van der Waals surface area contributed by atoms with Crippen LogP contribution < -0.4 is 11.1 Å². The number of halogens is 2. The molecule has 3 N–H and O–H groups in total. The molecule has 5 heteroatoms. The van der Waals surface area contributed by atoms with E-state index in [2.05, 4.69) is 33.4 Å². The molecule has 2 aromatic rings. The number of nitrogens with two attached hydrogens (primary N) is 1. The number of carbonyl (C=O) groups excluding carboxylic acids is 1. The number of hydrogen-bond donors (Lipinski definition) is 2. The van der Waals surface area contributed by atoms with Crippen molar-refractivity contribution >= 4 is 34.2 Å². The summed E-state index contributed by atoms with van der Waals surface area (Å²) in [6.07, 6.45) is 2.78. The van der Waals surface area contributed by atoms with Gasteiger partial charge in [0.15, 0.2) is 0 Å². The standard InChI is InChI=1S/C19H21BrN2O.ClH/c20-16-8-4-7-15(12-16)19(9-10-19)13-22-18(23)17(21)11-14-5-2-1-3-6-14;/h1-8,12,17H,9-11,13,21H2,(H,22,23);1H/t17-;/m0./s1. The number of amides is 1. The summed E-state index contributed by atoms with van der Waals surface area (Å²) in [5.74, 6) is -0.0740. The maximum absolute atomic E-state index is 12.3. The van der Waals surface area contributed by atoms with Crippen molar-refractivity contribution in [3.8, 4) is 0 Å². The van der Waals surface area contributed by atoms with Crippen LogP contribution in [0.4, 0.5) is 0 Å². The average molecular weight is 410 g/mol. The van der Waals surface area contributed by atoms with E-state index in [0.717, 1.165) is 22.9 Å². The predicted molar refractivity (Wildman–Crippen MR) is 103 cm³/mol. The van der Waals surface area contributed by atoms with Crippen molar-refractivity contribution in [1.29, 1.82) is 0 Å². The molecule has 0 spiro atoms. The second-order valence-corrected chi connectivity index (χ2v) is 7.22. The van der Waals surface area contributed by atoms with Crippen molar-refractivity contribution in [1.82, 2.24) is 5.32 Å². The van der Waals surface area contributed by atoms with Gasteiger partial charge in [0.25, 0.3) is 0 Å². The lowest BCUT2D eigenvalue weighted by atomic mass is 9.96. The summed E-state index contributed by atoms with van der Waals surface area (Å²) in [6, 6.07) is 17.7. The Morgan fingerprint density at radius 2 is 1.88 bits per heavy atom. The molecular weight excluding hydrogens is 388 g/mol. The first kappa shape index (κ1) is 19.0. The third-order valence-corrected chi connectivity index (χ3v) is 5.02. The van der Waals surface area contributed by atoms with Crippen LogP contribution in [-0.2, 0) is 16.6 Å². The maximum atomic E-state index is 12.3. The highest BCUT2D eigenvalue weighted by Gasteiger charge is 2.44. The quantitative estimate of drug-likeness (QED) is 0.766. The van der Waals surface area contributed by atoms with Gasteiger partial charge in [-0.1, -0.05) is 58.4 Å². The van der Waals surface area contributed by atoms with Crippen LogP contribution in [0, 0.1) is 0 Å². The zero-order valence-corrected chi connectivity index (χ0v) is 15.8. The van der Waals surface area contributed by atoms with Crippen LogP contribution in [0.25, 0.3) is 0 Å². The summed E-state index contributed by atoms with van der Waals surface area (Å²) in [5.41, 5.74) is 8.50. The summed E-state index contributed by atoms with van der Waals surface area (Å²) in [4.78, 5) is 12.3. The first-order valence-electron chi connectivity index (χ1n) is 7.92. The minimum atomic E-state index is -0.504. The van der Waals surface area contributed by atoms with E-state index in [-0.39, 0.29) is 23.7 Å². The monoisotopic (exact) mass is 408 g/mol. The van der Waals surface area contributed by atoms with Crippen LogP contribution in [0.3, 0.4) is 0 Å². The van der Waals surface area contributed by atoms with Crippen LogP contribution in [0.15, 0.2) is 59.1 Å². The maximum Gasteiger partial charge on any atom is 0.237 e. The van der Waals surface area contributed by atoms with E-state index in [1.165, 1.54) is 5.56 Å². The fourth-order valence-electron chi connectivity index (χ4n) is 2.88. The molecule has 0 radical (unpaired) electrons. The molecule has 1 aliphatic carbocycles. The zero-order chi connectivity index (χ0) is 16.3. The van der Waals surface area contributed by atoms with Crippen LogP contribution in [0.5, 0.6) is 0 Å². The third-order valence-electron chi connectivity index (χ3n) is 4.53. The smallest absolute Gasteiger partial charge is 0.237 e. The molecule has 2 aromatic carbocycles. The molecule has 0 aromatic heterocycles. The predicted octanol–water partition coefficient (Wildman–Crippen LogP) is 3.59. The molecule has 128 valence electrons. The number of carbonyl (C=O) groups is 1. The molecule has 3 rings (SSSR count). The van der Waals surface area contributed by atoms with E-state index in [1.807, 2.05) is 42.5 Å². The molecule has 0 aliphatic heterocycles. The largest absolute Gasteiger partial charge is 0.354 e. The van der Waals surface area contributed by atoms with Gasteiger partial charge in [-0.3, -0.25) is 4.79 Å². The molecule has 24 heavy (non-hydrogen) atoms. The van der Waals surface area contributed by atoms with Gasteiger partial charge in [-0.2, -0.15) is 0 Å². The van der Waals surface area contributed by atoms with Gasteiger partial charge in [-0.05, 0) is 42.5 Å². The van der Waals surface area contributed by atoms with Gasteiger partial charge in [0.1, 0.15) is 0 Å². The third kappa shape index (κ3) is 4.59. The van der Waals surface area contributed by atoms with E-state index >= 15 is 0 Å². The number of rotatable bonds is 6. The summed E-state index contributed by atoms with van der Waals surface area (Å²) < 4.78 is 1.08. The van der Waals surface area contributed by atoms with Crippen molar-refractivity contribution in [2.75, 3.05) is 6.54 Å². The van der Waals surface area contributed by atoms with E-state index in [4.69, 9.17) is 5.73 Å². The summed E-state index contributed by atoms with van der Waals surface area (Å²) in [6.45, 7) is 0.658. The van der Waals surface area contributed by atoms with Crippen LogP contribution >= 0.6 is 28.3 Å². The number of hydrogen-bond acceptors (Lipinski definition) is 2. The second-order valence-electron chi connectivity index (χ2n) is 6.30. The molecule has 0 saturated heterocycles. The average Bonchev–Trinajstić information content (AvgIpc) is 3.35. The second kappa shape index (κ2) is 8.15. The van der Waals surface area contributed by atoms with Crippen molar-refractivity contribution in [2.45, 2.75) is 30.7 Å². The SMILES string of the molecule is Cl.N[C@@H](Cc1ccccc1)C(=O)NCC1(c2cccc(Br)c2)CC1. The van der Waals surface area contributed by atoms with Crippen molar-refractivity contribution in [2.24, 2.45) is 5.73 Å². The zero-order valence-electron chi connectivity index (χ0n) is 13.4. The number of benzene rings is 2. The van der Waals surface area contributed by atoms with Gasteiger partial charge in [0, 0.05) is 16.4 Å². The Morgan fingerprint density at radius 3 is 2.50 bits per heavy atom. The van der Waals surface area contributed by atoms with E-state index in [9.17, 15) is 4.79 Å². The van der Waals surface area contributed by atoms with Crippen molar-refractivity contribution in [3.63, 3.8) is 0 Å². The lowest BCUT2D eigenvalue weighted by Gasteiger charge is -2.19. The fourth-order valence-corrected chi connectivity index (χ4v) is 3.28. The Morgan fingerprint density at radius 1 is 1.17 bits per heavy atom. The van der Waals surface area contributed by atoms with E-state index in [1.54, 1.807) is 0 Å². The minimum Gasteiger partial charge on any atom is -0.354 e. The molecule has 3 nitrogen and oxygen atoms in total. The van der Waals surface area contributed by atoms with Crippen molar-refractivity contribution < 1.29 is 4.79 Å². The molecule has 0 unspecified atom stereocenters. The fraction of sp³-hybridized carbons (Fsp3) is 0.316. The molecule has 1 aliphatic rings. The Labute approximate surface area is 157 Å². The summed E-state index contributed by atoms with van der Waals surface area (Å²) >= 11 is 3.52. The van der Waals surface area contributed by atoms with Gasteiger partial charge < -0.3 is 11.1 Å². The lowest BCUT2D eigenvalue weighted by molar-refractivity contribution is -0.122. The summed E-state index contributed by atoms with van der Waals surface area (Å²) in [5, 5.41) is 3.04. The molecule has 1 fully saturated rings. The van der Waals surface area contributed by atoms with E-state index < -0.39 is 6.04 Å². The Balaban J connectivity index is 0.00000208. The Bertz CT molecular complexity index is 689. The minimum absolute atomic E-state index is 0.